The van der Waals surface area contributed by atoms with Crippen molar-refractivity contribution >= 4 is 34.2 Å². The van der Waals surface area contributed by atoms with E-state index in [1.807, 2.05) is 22.8 Å². The zero-order chi connectivity index (χ0) is 14.8. The number of nitrogens with zero attached hydrogens (tertiary/aromatic N) is 5. The quantitative estimate of drug-likeness (QED) is 0.678. The second-order valence-electron chi connectivity index (χ2n) is 4.72. The van der Waals surface area contributed by atoms with Crippen molar-refractivity contribution in [3.05, 3.63) is 41.2 Å². The molecule has 5 nitrogen and oxygen atoms in total. The molecule has 0 fully saturated rings. The van der Waals surface area contributed by atoms with Gasteiger partial charge in [0.2, 0.25) is 0 Å². The highest BCUT2D eigenvalue weighted by atomic mass is 35.5. The zero-order valence-corrected chi connectivity index (χ0v) is 13.1. The molecule has 0 amide bonds. The number of hydrogen-bond donors (Lipinski definition) is 0. The van der Waals surface area contributed by atoms with Crippen LogP contribution in [0.25, 0.3) is 11.0 Å². The topological polar surface area (TPSA) is 48.5 Å². The number of fused-ring (bicyclic) bond motifs is 1. The van der Waals surface area contributed by atoms with Crippen LogP contribution in [0.1, 0.15) is 18.6 Å². The van der Waals surface area contributed by atoms with Gasteiger partial charge in [-0.15, -0.1) is 21.8 Å². The van der Waals surface area contributed by atoms with Crippen molar-refractivity contribution in [2.45, 2.75) is 26.4 Å². The minimum atomic E-state index is 0.525. The molecule has 0 spiro atoms. The van der Waals surface area contributed by atoms with Crippen molar-refractivity contribution < 1.29 is 0 Å². The molecule has 0 bridgehead atoms. The van der Waals surface area contributed by atoms with Gasteiger partial charge in [-0.1, -0.05) is 11.6 Å². The second kappa shape index (κ2) is 6.03. The van der Waals surface area contributed by atoms with E-state index in [0.717, 1.165) is 29.2 Å². The van der Waals surface area contributed by atoms with Gasteiger partial charge in [0.15, 0.2) is 5.82 Å². The van der Waals surface area contributed by atoms with Gasteiger partial charge in [-0.25, -0.2) is 4.98 Å². The number of rotatable bonds is 5. The van der Waals surface area contributed by atoms with Gasteiger partial charge in [-0.05, 0) is 25.1 Å². The van der Waals surface area contributed by atoms with E-state index in [1.165, 1.54) is 0 Å². The highest BCUT2D eigenvalue weighted by Gasteiger charge is 2.13. The Labute approximate surface area is 132 Å². The number of alkyl halides is 1. The largest absolute Gasteiger partial charge is 0.320 e. The number of hydrogen-bond acceptors (Lipinski definition) is 3. The molecule has 0 saturated carbocycles. The summed E-state index contributed by atoms with van der Waals surface area (Å²) < 4.78 is 4.13. The van der Waals surface area contributed by atoms with Crippen LogP contribution in [-0.4, -0.2) is 30.2 Å². The molecule has 0 aliphatic rings. The smallest absolute Gasteiger partial charge is 0.152 e. The molecule has 0 atom stereocenters. The molecule has 1 aromatic carbocycles. The first kappa shape index (κ1) is 14.4. The third-order valence-corrected chi connectivity index (χ3v) is 3.87. The SMILES string of the molecule is CCn1cnnc1Cn1c(CCCl)nc2ccc(Cl)cc21. The van der Waals surface area contributed by atoms with Crippen LogP contribution in [0.4, 0.5) is 0 Å². The lowest BCUT2D eigenvalue weighted by molar-refractivity contribution is 0.643. The van der Waals surface area contributed by atoms with Gasteiger partial charge >= 0.3 is 0 Å². The van der Waals surface area contributed by atoms with Crippen molar-refractivity contribution in [2.24, 2.45) is 0 Å². The number of aryl methyl sites for hydroxylation is 2. The fourth-order valence-corrected chi connectivity index (χ4v) is 2.74. The van der Waals surface area contributed by atoms with Crippen LogP contribution >= 0.6 is 23.2 Å². The average Bonchev–Trinajstić information content (AvgIpc) is 3.05. The maximum atomic E-state index is 6.12. The van der Waals surface area contributed by atoms with E-state index in [9.17, 15) is 0 Å². The van der Waals surface area contributed by atoms with Gasteiger partial charge in [0.25, 0.3) is 0 Å². The predicted octanol–water partition coefficient (Wildman–Crippen LogP) is 3.13. The Balaban J connectivity index is 2.10. The van der Waals surface area contributed by atoms with Crippen LogP contribution in [0.3, 0.4) is 0 Å². The Morgan fingerprint density at radius 3 is 2.86 bits per heavy atom. The molecule has 0 radical (unpaired) electrons. The third-order valence-electron chi connectivity index (χ3n) is 3.44. The fraction of sp³-hybridized carbons (Fsp3) is 0.357. The number of halogens is 2. The summed E-state index contributed by atoms with van der Waals surface area (Å²) in [5, 5.41) is 8.86. The van der Waals surface area contributed by atoms with Gasteiger partial charge in [0, 0.05) is 23.9 Å². The predicted molar refractivity (Wildman–Crippen MR) is 84.0 cm³/mol. The number of aromatic nitrogens is 5. The van der Waals surface area contributed by atoms with E-state index in [4.69, 9.17) is 23.2 Å². The van der Waals surface area contributed by atoms with Crippen LogP contribution in [0.15, 0.2) is 24.5 Å². The molecule has 2 aromatic heterocycles. The summed E-state index contributed by atoms with van der Waals surface area (Å²) in [4.78, 5) is 4.64. The number of imidazole rings is 1. The molecular formula is C14H15Cl2N5. The summed E-state index contributed by atoms with van der Waals surface area (Å²) in [5.41, 5.74) is 1.91. The van der Waals surface area contributed by atoms with Crippen LogP contribution in [0.2, 0.25) is 5.02 Å². The normalized spacial score (nSPS) is 11.4. The van der Waals surface area contributed by atoms with E-state index in [2.05, 4.69) is 26.7 Å². The van der Waals surface area contributed by atoms with Gasteiger partial charge in [0.05, 0.1) is 17.6 Å². The fourth-order valence-electron chi connectivity index (χ4n) is 2.40. The third kappa shape index (κ3) is 2.76. The molecule has 0 saturated heterocycles. The Hall–Kier alpha value is -1.59. The molecule has 0 N–H and O–H groups in total. The Morgan fingerprint density at radius 2 is 2.10 bits per heavy atom. The van der Waals surface area contributed by atoms with Crippen molar-refractivity contribution in [1.29, 1.82) is 0 Å². The average molecular weight is 324 g/mol. The maximum Gasteiger partial charge on any atom is 0.152 e. The zero-order valence-electron chi connectivity index (χ0n) is 11.6. The lowest BCUT2D eigenvalue weighted by atomic mass is 10.3. The van der Waals surface area contributed by atoms with Crippen molar-refractivity contribution in [3.63, 3.8) is 0 Å². The van der Waals surface area contributed by atoms with Gasteiger partial charge < -0.3 is 9.13 Å². The van der Waals surface area contributed by atoms with E-state index in [-0.39, 0.29) is 0 Å². The molecule has 3 aromatic rings. The van der Waals surface area contributed by atoms with Crippen LogP contribution in [-0.2, 0) is 19.5 Å². The maximum absolute atomic E-state index is 6.12. The van der Waals surface area contributed by atoms with Crippen LogP contribution < -0.4 is 0 Å². The van der Waals surface area contributed by atoms with Gasteiger partial charge in [-0.3, -0.25) is 0 Å². The Kier molecular flexibility index (Phi) is 4.12. The summed E-state index contributed by atoms with van der Waals surface area (Å²) in [5.74, 6) is 2.36. The Bertz CT molecular complexity index is 762. The highest BCUT2D eigenvalue weighted by Crippen LogP contribution is 2.22. The van der Waals surface area contributed by atoms with E-state index in [1.54, 1.807) is 6.33 Å². The van der Waals surface area contributed by atoms with Crippen molar-refractivity contribution in [3.8, 4) is 0 Å². The summed E-state index contributed by atoms with van der Waals surface area (Å²) >= 11 is 12.0. The first-order valence-corrected chi connectivity index (χ1v) is 7.71. The second-order valence-corrected chi connectivity index (χ2v) is 5.53. The van der Waals surface area contributed by atoms with E-state index in [0.29, 0.717) is 23.9 Å². The molecule has 0 aliphatic carbocycles. The lowest BCUT2D eigenvalue weighted by Gasteiger charge is -2.09. The summed E-state index contributed by atoms with van der Waals surface area (Å²) in [6.45, 7) is 3.51. The highest BCUT2D eigenvalue weighted by molar-refractivity contribution is 6.31. The molecular weight excluding hydrogens is 309 g/mol. The minimum Gasteiger partial charge on any atom is -0.320 e. The van der Waals surface area contributed by atoms with Crippen LogP contribution in [0, 0.1) is 0 Å². The lowest BCUT2D eigenvalue weighted by Crippen LogP contribution is -2.11. The standard InChI is InChI=1S/C14H15Cl2N5/c1-2-20-9-17-19-14(20)8-21-12-7-10(16)3-4-11(12)18-13(21)5-6-15/h3-4,7,9H,2,5-6,8H2,1H3. The summed E-state index contributed by atoms with van der Waals surface area (Å²) in [6.07, 6.45) is 2.44. The summed E-state index contributed by atoms with van der Waals surface area (Å²) in [7, 11) is 0. The molecule has 21 heavy (non-hydrogen) atoms. The monoisotopic (exact) mass is 323 g/mol. The van der Waals surface area contributed by atoms with E-state index < -0.39 is 0 Å². The minimum absolute atomic E-state index is 0.525. The first-order chi connectivity index (χ1) is 10.2. The molecule has 7 heteroatoms. The molecule has 2 heterocycles. The van der Waals surface area contributed by atoms with Crippen molar-refractivity contribution in [2.75, 3.05) is 5.88 Å². The molecule has 110 valence electrons. The van der Waals surface area contributed by atoms with E-state index >= 15 is 0 Å². The molecule has 3 rings (SSSR count). The van der Waals surface area contributed by atoms with Gasteiger partial charge in [-0.2, -0.15) is 0 Å². The summed E-state index contributed by atoms with van der Waals surface area (Å²) in [6, 6.07) is 5.70. The molecule has 0 unspecified atom stereocenters. The number of benzene rings is 1. The first-order valence-electron chi connectivity index (χ1n) is 6.80. The van der Waals surface area contributed by atoms with Gasteiger partial charge in [0.1, 0.15) is 12.2 Å². The Morgan fingerprint density at radius 1 is 1.24 bits per heavy atom. The van der Waals surface area contributed by atoms with Crippen molar-refractivity contribution in [1.82, 2.24) is 24.3 Å². The molecule has 0 aliphatic heterocycles. The van der Waals surface area contributed by atoms with Crippen LogP contribution in [0.5, 0.6) is 0 Å².